The predicted molar refractivity (Wildman–Crippen MR) is 87.1 cm³/mol. The van der Waals surface area contributed by atoms with E-state index in [1.807, 2.05) is 18.2 Å². The lowest BCUT2D eigenvalue weighted by atomic mass is 10.0. The van der Waals surface area contributed by atoms with E-state index in [9.17, 15) is 0 Å². The lowest BCUT2D eigenvalue weighted by molar-refractivity contribution is 0.174. The van der Waals surface area contributed by atoms with Crippen LogP contribution in [0.15, 0.2) is 29.3 Å². The van der Waals surface area contributed by atoms with Crippen LogP contribution in [0.1, 0.15) is 37.3 Å². The summed E-state index contributed by atoms with van der Waals surface area (Å²) in [7, 11) is 1.75. The first-order chi connectivity index (χ1) is 10.7. The molecule has 0 spiro atoms. The maximum absolute atomic E-state index is 6.09. The molecular formula is C17H25N3O2. The molecule has 1 heterocycles. The third-order valence-corrected chi connectivity index (χ3v) is 4.66. The fourth-order valence-corrected chi connectivity index (χ4v) is 2.95. The highest BCUT2D eigenvalue weighted by molar-refractivity contribution is 5.78. The Kier molecular flexibility index (Phi) is 4.52. The summed E-state index contributed by atoms with van der Waals surface area (Å²) >= 11 is 0. The van der Waals surface area contributed by atoms with Gasteiger partial charge in [0.1, 0.15) is 5.75 Å². The first-order valence-electron chi connectivity index (χ1n) is 8.00. The Morgan fingerprint density at radius 1 is 1.45 bits per heavy atom. The molecule has 3 rings (SSSR count). The quantitative estimate of drug-likeness (QED) is 0.624. The predicted octanol–water partition coefficient (Wildman–Crippen LogP) is 2.23. The Morgan fingerprint density at radius 3 is 3.05 bits per heavy atom. The number of rotatable bonds is 6. The van der Waals surface area contributed by atoms with Crippen LogP contribution in [0.25, 0.3) is 0 Å². The first kappa shape index (κ1) is 15.2. The van der Waals surface area contributed by atoms with Crippen molar-refractivity contribution in [3.63, 3.8) is 0 Å². The number of nitrogens with two attached hydrogens (primary N) is 1. The highest BCUT2D eigenvalue weighted by Crippen LogP contribution is 2.48. The van der Waals surface area contributed by atoms with Crippen LogP contribution >= 0.6 is 0 Å². The molecule has 120 valence electrons. The third kappa shape index (κ3) is 3.53. The molecular weight excluding hydrogens is 278 g/mol. The fourth-order valence-electron chi connectivity index (χ4n) is 2.95. The molecule has 3 N–H and O–H groups in total. The van der Waals surface area contributed by atoms with Crippen LogP contribution in [0.3, 0.4) is 0 Å². The van der Waals surface area contributed by atoms with Crippen molar-refractivity contribution in [1.29, 1.82) is 0 Å². The number of fused-ring (bicyclic) bond motifs is 1. The molecule has 1 fully saturated rings. The molecule has 1 aromatic carbocycles. The van der Waals surface area contributed by atoms with Crippen LogP contribution in [-0.4, -0.2) is 32.8 Å². The zero-order chi connectivity index (χ0) is 15.4. The van der Waals surface area contributed by atoms with E-state index in [4.69, 9.17) is 15.2 Å². The minimum atomic E-state index is 0.183. The van der Waals surface area contributed by atoms with E-state index in [1.165, 1.54) is 12.8 Å². The smallest absolute Gasteiger partial charge is 0.189 e. The van der Waals surface area contributed by atoms with E-state index in [1.54, 1.807) is 7.11 Å². The Labute approximate surface area is 131 Å². The molecule has 1 saturated carbocycles. The summed E-state index contributed by atoms with van der Waals surface area (Å²) in [5.74, 6) is 1.48. The van der Waals surface area contributed by atoms with Crippen molar-refractivity contribution in [2.75, 3.05) is 26.9 Å². The van der Waals surface area contributed by atoms with Crippen molar-refractivity contribution in [3.05, 3.63) is 29.8 Å². The Morgan fingerprint density at radius 2 is 2.27 bits per heavy atom. The number of hydrogen-bond donors (Lipinski definition) is 2. The van der Waals surface area contributed by atoms with Crippen LogP contribution in [0, 0.1) is 5.41 Å². The van der Waals surface area contributed by atoms with Gasteiger partial charge in [-0.15, -0.1) is 0 Å². The molecule has 0 amide bonds. The second-order valence-electron chi connectivity index (χ2n) is 6.32. The Hall–Kier alpha value is -1.75. The highest BCUT2D eigenvalue weighted by Gasteiger charge is 2.41. The molecule has 1 aliphatic heterocycles. The highest BCUT2D eigenvalue weighted by atomic mass is 16.5. The van der Waals surface area contributed by atoms with E-state index in [0.29, 0.717) is 18.0 Å². The van der Waals surface area contributed by atoms with Gasteiger partial charge < -0.3 is 20.5 Å². The van der Waals surface area contributed by atoms with Gasteiger partial charge in [0.2, 0.25) is 0 Å². The van der Waals surface area contributed by atoms with E-state index in [-0.39, 0.29) is 6.04 Å². The van der Waals surface area contributed by atoms with Crippen LogP contribution in [0.4, 0.5) is 0 Å². The van der Waals surface area contributed by atoms with Crippen LogP contribution < -0.4 is 15.8 Å². The number of benzene rings is 1. The van der Waals surface area contributed by atoms with E-state index < -0.39 is 0 Å². The summed E-state index contributed by atoms with van der Waals surface area (Å²) in [5.41, 5.74) is 7.58. The monoisotopic (exact) mass is 303 g/mol. The van der Waals surface area contributed by atoms with Crippen molar-refractivity contribution in [2.45, 2.75) is 31.7 Å². The van der Waals surface area contributed by atoms with Crippen LogP contribution in [0.2, 0.25) is 0 Å². The van der Waals surface area contributed by atoms with Gasteiger partial charge in [-0.1, -0.05) is 18.2 Å². The number of nitrogens with zero attached hydrogens (tertiary/aromatic N) is 1. The zero-order valence-electron chi connectivity index (χ0n) is 13.2. The summed E-state index contributed by atoms with van der Waals surface area (Å²) in [4.78, 5) is 4.57. The van der Waals surface area contributed by atoms with Gasteiger partial charge in [-0.05, 0) is 30.7 Å². The zero-order valence-corrected chi connectivity index (χ0v) is 13.2. The summed E-state index contributed by atoms with van der Waals surface area (Å²) < 4.78 is 10.8. The summed E-state index contributed by atoms with van der Waals surface area (Å²) in [6.07, 6.45) is 4.43. The number of guanidine groups is 1. The minimum absolute atomic E-state index is 0.183. The molecule has 1 aromatic rings. The standard InChI is InChI=1S/C17H25N3O2/c1-21-11-9-17(7-8-17)12-19-16(18)20-14-6-10-22-15-5-3-2-4-13(14)15/h2-5,14H,6-12H2,1H3,(H3,18,19,20). The molecule has 0 aromatic heterocycles. The van der Waals surface area contributed by atoms with Gasteiger partial charge in [0, 0.05) is 32.2 Å². The van der Waals surface area contributed by atoms with Crippen LogP contribution in [-0.2, 0) is 4.74 Å². The molecule has 0 radical (unpaired) electrons. The SMILES string of the molecule is COCCC1(CN=C(N)NC2CCOc3ccccc32)CC1. The average molecular weight is 303 g/mol. The maximum atomic E-state index is 6.09. The van der Waals surface area contributed by atoms with Gasteiger partial charge in [0.15, 0.2) is 5.96 Å². The molecule has 22 heavy (non-hydrogen) atoms. The summed E-state index contributed by atoms with van der Waals surface area (Å²) in [6, 6.07) is 8.29. The normalized spacial score (nSPS) is 22.6. The van der Waals surface area contributed by atoms with Crippen molar-refractivity contribution in [3.8, 4) is 5.75 Å². The Balaban J connectivity index is 1.58. The molecule has 5 heteroatoms. The largest absolute Gasteiger partial charge is 0.493 e. The molecule has 0 bridgehead atoms. The number of aliphatic imine (C=N–C) groups is 1. The van der Waals surface area contributed by atoms with Crippen LogP contribution in [0.5, 0.6) is 5.75 Å². The van der Waals surface area contributed by atoms with Crippen molar-refractivity contribution < 1.29 is 9.47 Å². The number of hydrogen-bond acceptors (Lipinski definition) is 3. The molecule has 5 nitrogen and oxygen atoms in total. The van der Waals surface area contributed by atoms with Crippen molar-refractivity contribution in [2.24, 2.45) is 16.1 Å². The van der Waals surface area contributed by atoms with Crippen molar-refractivity contribution >= 4 is 5.96 Å². The third-order valence-electron chi connectivity index (χ3n) is 4.66. The van der Waals surface area contributed by atoms with Crippen molar-refractivity contribution in [1.82, 2.24) is 5.32 Å². The minimum Gasteiger partial charge on any atom is -0.493 e. The summed E-state index contributed by atoms with van der Waals surface area (Å²) in [5, 5.41) is 3.35. The molecule has 1 unspecified atom stereocenters. The van der Waals surface area contributed by atoms with Gasteiger partial charge in [-0.3, -0.25) is 4.99 Å². The fraction of sp³-hybridized carbons (Fsp3) is 0.588. The van der Waals surface area contributed by atoms with Gasteiger partial charge in [-0.25, -0.2) is 0 Å². The van der Waals surface area contributed by atoms with Gasteiger partial charge in [0.25, 0.3) is 0 Å². The second kappa shape index (κ2) is 6.57. The second-order valence-corrected chi connectivity index (χ2v) is 6.32. The van der Waals surface area contributed by atoms with Gasteiger partial charge in [0.05, 0.1) is 12.6 Å². The van der Waals surface area contributed by atoms with E-state index >= 15 is 0 Å². The molecule has 1 aliphatic carbocycles. The van der Waals surface area contributed by atoms with E-state index in [0.717, 1.165) is 37.3 Å². The topological polar surface area (TPSA) is 68.9 Å². The molecule has 0 saturated heterocycles. The summed E-state index contributed by atoms with van der Waals surface area (Å²) in [6.45, 7) is 2.30. The molecule has 2 aliphatic rings. The average Bonchev–Trinajstić information content (AvgIpc) is 3.32. The number of ether oxygens (including phenoxy) is 2. The number of methoxy groups -OCH3 is 1. The van der Waals surface area contributed by atoms with E-state index in [2.05, 4.69) is 16.4 Å². The van der Waals surface area contributed by atoms with Gasteiger partial charge >= 0.3 is 0 Å². The molecule has 1 atom stereocenters. The Bertz CT molecular complexity index is 540. The number of para-hydroxylation sites is 1. The first-order valence-corrected chi connectivity index (χ1v) is 8.00. The maximum Gasteiger partial charge on any atom is 0.189 e. The number of nitrogens with one attached hydrogen (secondary N) is 1. The lowest BCUT2D eigenvalue weighted by Gasteiger charge is -2.27. The van der Waals surface area contributed by atoms with Gasteiger partial charge in [-0.2, -0.15) is 0 Å². The lowest BCUT2D eigenvalue weighted by Crippen LogP contribution is -2.37.